The summed E-state index contributed by atoms with van der Waals surface area (Å²) in [6.45, 7) is 0.355. The molecule has 102 valence electrons. The molecule has 1 aromatic rings. The molecule has 0 aromatic carbocycles. The highest BCUT2D eigenvalue weighted by atomic mass is 16.5. The van der Waals surface area contributed by atoms with Gasteiger partial charge in [-0.15, -0.1) is 0 Å². The van der Waals surface area contributed by atoms with E-state index in [2.05, 4.69) is 15.5 Å². The standard InChI is InChI=1S/C12H15N3O4/c16-11(13-6-5-10-14-7-15-19-10)8-3-1-2-4-9(8)12(17)18/h1-2,7-9H,3-6H2,(H,13,16)(H,17,18)/t8-,9+/m1/s1. The number of carboxylic acids is 1. The van der Waals surface area contributed by atoms with Gasteiger partial charge in [0.1, 0.15) is 0 Å². The van der Waals surface area contributed by atoms with Crippen LogP contribution in [-0.4, -0.2) is 33.7 Å². The first-order chi connectivity index (χ1) is 9.18. The third-order valence-corrected chi connectivity index (χ3v) is 3.13. The van der Waals surface area contributed by atoms with Gasteiger partial charge in [-0.1, -0.05) is 17.3 Å². The van der Waals surface area contributed by atoms with Crippen molar-refractivity contribution in [2.45, 2.75) is 19.3 Å². The molecular weight excluding hydrogens is 250 g/mol. The van der Waals surface area contributed by atoms with Gasteiger partial charge in [-0.2, -0.15) is 4.98 Å². The van der Waals surface area contributed by atoms with Crippen molar-refractivity contribution < 1.29 is 19.2 Å². The fourth-order valence-corrected chi connectivity index (χ4v) is 2.11. The number of aliphatic carboxylic acids is 1. The summed E-state index contributed by atoms with van der Waals surface area (Å²) in [7, 11) is 0. The van der Waals surface area contributed by atoms with E-state index in [1.807, 2.05) is 6.08 Å². The lowest BCUT2D eigenvalue weighted by atomic mass is 9.82. The van der Waals surface area contributed by atoms with Crippen LogP contribution in [0.5, 0.6) is 0 Å². The van der Waals surface area contributed by atoms with Crippen molar-refractivity contribution in [1.82, 2.24) is 15.5 Å². The molecule has 1 aliphatic rings. The Kier molecular flexibility index (Phi) is 4.27. The zero-order valence-electron chi connectivity index (χ0n) is 10.3. The molecule has 0 unspecified atom stereocenters. The Bertz CT molecular complexity index is 469. The minimum Gasteiger partial charge on any atom is -0.481 e. The van der Waals surface area contributed by atoms with E-state index in [4.69, 9.17) is 9.63 Å². The van der Waals surface area contributed by atoms with Crippen LogP contribution >= 0.6 is 0 Å². The Labute approximate surface area is 109 Å². The van der Waals surface area contributed by atoms with Gasteiger partial charge in [0.25, 0.3) is 0 Å². The molecule has 7 heteroatoms. The topological polar surface area (TPSA) is 105 Å². The molecule has 1 aliphatic carbocycles. The zero-order valence-corrected chi connectivity index (χ0v) is 10.3. The Morgan fingerprint density at radius 1 is 1.37 bits per heavy atom. The summed E-state index contributed by atoms with van der Waals surface area (Å²) < 4.78 is 4.80. The smallest absolute Gasteiger partial charge is 0.307 e. The summed E-state index contributed by atoms with van der Waals surface area (Å²) in [4.78, 5) is 26.9. The Morgan fingerprint density at radius 2 is 2.11 bits per heavy atom. The monoisotopic (exact) mass is 265 g/mol. The molecule has 2 N–H and O–H groups in total. The van der Waals surface area contributed by atoms with Crippen LogP contribution in [0, 0.1) is 11.8 Å². The number of rotatable bonds is 5. The van der Waals surface area contributed by atoms with Crippen LogP contribution in [0.3, 0.4) is 0 Å². The molecule has 1 heterocycles. The molecular formula is C12H15N3O4. The Balaban J connectivity index is 1.84. The van der Waals surface area contributed by atoms with E-state index in [0.29, 0.717) is 31.7 Å². The van der Waals surface area contributed by atoms with Crippen molar-refractivity contribution in [3.63, 3.8) is 0 Å². The van der Waals surface area contributed by atoms with E-state index in [1.165, 1.54) is 6.33 Å². The number of amides is 1. The summed E-state index contributed by atoms with van der Waals surface area (Å²) in [5.41, 5.74) is 0. The predicted octanol–water partition coefficient (Wildman–Crippen LogP) is 0.395. The van der Waals surface area contributed by atoms with E-state index in [0.717, 1.165) is 0 Å². The second-order valence-electron chi connectivity index (χ2n) is 4.37. The van der Waals surface area contributed by atoms with Crippen LogP contribution in [-0.2, 0) is 16.0 Å². The molecule has 0 saturated carbocycles. The maximum atomic E-state index is 12.0. The lowest BCUT2D eigenvalue weighted by Gasteiger charge is -2.24. The van der Waals surface area contributed by atoms with Crippen LogP contribution in [0.4, 0.5) is 0 Å². The maximum Gasteiger partial charge on any atom is 0.307 e. The average Bonchev–Trinajstić information content (AvgIpc) is 2.91. The number of hydrogen-bond donors (Lipinski definition) is 2. The van der Waals surface area contributed by atoms with E-state index in [9.17, 15) is 9.59 Å². The molecule has 0 fully saturated rings. The third kappa shape index (κ3) is 3.40. The number of carboxylic acid groups (broad SMARTS) is 1. The first kappa shape index (κ1) is 13.3. The minimum atomic E-state index is -0.929. The fraction of sp³-hybridized carbons (Fsp3) is 0.500. The molecule has 0 spiro atoms. The normalized spacial score (nSPS) is 22.1. The maximum absolute atomic E-state index is 12.0. The first-order valence-corrected chi connectivity index (χ1v) is 6.09. The van der Waals surface area contributed by atoms with Crippen LogP contribution in [0.15, 0.2) is 23.0 Å². The SMILES string of the molecule is O=C(O)[C@H]1CC=CC[C@H]1C(=O)NCCc1ncno1. The van der Waals surface area contributed by atoms with Crippen molar-refractivity contribution in [2.24, 2.45) is 11.8 Å². The van der Waals surface area contributed by atoms with E-state index < -0.39 is 17.8 Å². The zero-order chi connectivity index (χ0) is 13.7. The predicted molar refractivity (Wildman–Crippen MR) is 64.0 cm³/mol. The Hall–Kier alpha value is -2.18. The lowest BCUT2D eigenvalue weighted by molar-refractivity contribution is -0.147. The van der Waals surface area contributed by atoms with Gasteiger partial charge in [0.15, 0.2) is 6.33 Å². The second kappa shape index (κ2) is 6.12. The molecule has 0 radical (unpaired) electrons. The van der Waals surface area contributed by atoms with Crippen molar-refractivity contribution in [1.29, 1.82) is 0 Å². The molecule has 0 aliphatic heterocycles. The quantitative estimate of drug-likeness (QED) is 0.746. The minimum absolute atomic E-state index is 0.240. The van der Waals surface area contributed by atoms with Crippen molar-refractivity contribution in [3.05, 3.63) is 24.4 Å². The van der Waals surface area contributed by atoms with Gasteiger partial charge in [-0.05, 0) is 12.8 Å². The van der Waals surface area contributed by atoms with Gasteiger partial charge < -0.3 is 14.9 Å². The van der Waals surface area contributed by atoms with Crippen LogP contribution < -0.4 is 5.32 Å². The van der Waals surface area contributed by atoms with E-state index >= 15 is 0 Å². The van der Waals surface area contributed by atoms with E-state index in [1.54, 1.807) is 6.08 Å². The number of carbonyl (C=O) groups excluding carboxylic acids is 1. The summed E-state index contributed by atoms with van der Waals surface area (Å²) in [6, 6.07) is 0. The van der Waals surface area contributed by atoms with Gasteiger partial charge >= 0.3 is 5.97 Å². The fourth-order valence-electron chi connectivity index (χ4n) is 2.11. The molecule has 7 nitrogen and oxygen atoms in total. The van der Waals surface area contributed by atoms with E-state index in [-0.39, 0.29) is 5.91 Å². The summed E-state index contributed by atoms with van der Waals surface area (Å²) in [5, 5.41) is 15.3. The molecule has 2 rings (SSSR count). The lowest BCUT2D eigenvalue weighted by Crippen LogP contribution is -2.39. The molecule has 1 aromatic heterocycles. The number of nitrogens with zero attached hydrogens (tertiary/aromatic N) is 2. The number of hydrogen-bond acceptors (Lipinski definition) is 5. The molecule has 0 saturated heterocycles. The van der Waals surface area contributed by atoms with Gasteiger partial charge in [0, 0.05) is 13.0 Å². The van der Waals surface area contributed by atoms with Crippen molar-refractivity contribution >= 4 is 11.9 Å². The van der Waals surface area contributed by atoms with Crippen molar-refractivity contribution in [3.8, 4) is 0 Å². The first-order valence-electron chi connectivity index (χ1n) is 6.09. The third-order valence-electron chi connectivity index (χ3n) is 3.13. The molecule has 1 amide bonds. The number of nitrogens with one attached hydrogen (secondary N) is 1. The van der Waals surface area contributed by atoms with Crippen LogP contribution in [0.1, 0.15) is 18.7 Å². The molecule has 19 heavy (non-hydrogen) atoms. The summed E-state index contributed by atoms with van der Waals surface area (Å²) in [5.74, 6) is -1.88. The van der Waals surface area contributed by atoms with Gasteiger partial charge in [0.05, 0.1) is 11.8 Å². The summed E-state index contributed by atoms with van der Waals surface area (Å²) >= 11 is 0. The molecule has 2 atom stereocenters. The second-order valence-corrected chi connectivity index (χ2v) is 4.37. The number of allylic oxidation sites excluding steroid dienone is 2. The highest BCUT2D eigenvalue weighted by molar-refractivity contribution is 5.85. The van der Waals surface area contributed by atoms with Gasteiger partial charge in [-0.3, -0.25) is 9.59 Å². The average molecular weight is 265 g/mol. The van der Waals surface area contributed by atoms with Crippen LogP contribution in [0.25, 0.3) is 0 Å². The number of aromatic nitrogens is 2. The van der Waals surface area contributed by atoms with Crippen molar-refractivity contribution in [2.75, 3.05) is 6.54 Å². The Morgan fingerprint density at radius 3 is 2.74 bits per heavy atom. The van der Waals surface area contributed by atoms with Gasteiger partial charge in [0.2, 0.25) is 11.8 Å². The highest BCUT2D eigenvalue weighted by Crippen LogP contribution is 2.25. The number of carbonyl (C=O) groups is 2. The highest BCUT2D eigenvalue weighted by Gasteiger charge is 2.33. The van der Waals surface area contributed by atoms with Crippen LogP contribution in [0.2, 0.25) is 0 Å². The summed E-state index contributed by atoms with van der Waals surface area (Å²) in [6.07, 6.45) is 6.25. The van der Waals surface area contributed by atoms with Gasteiger partial charge in [-0.25, -0.2) is 0 Å². The molecule has 0 bridgehead atoms. The largest absolute Gasteiger partial charge is 0.481 e.